The van der Waals surface area contributed by atoms with Crippen LogP contribution >= 0.6 is 11.3 Å². The minimum Gasteiger partial charge on any atom is -0.289 e. The Morgan fingerprint density at radius 1 is 1.13 bits per heavy atom. The van der Waals surface area contributed by atoms with E-state index in [4.69, 9.17) is 0 Å². The lowest BCUT2D eigenvalue weighted by Crippen LogP contribution is -2.29. The fourth-order valence-electron chi connectivity index (χ4n) is 3.25. The van der Waals surface area contributed by atoms with Crippen molar-refractivity contribution in [2.24, 2.45) is 0 Å². The molecule has 1 aromatic carbocycles. The zero-order chi connectivity index (χ0) is 20.8. The molecule has 148 valence electrons. The zero-order valence-corrected chi connectivity index (χ0v) is 16.5. The van der Waals surface area contributed by atoms with Crippen molar-refractivity contribution >= 4 is 40.0 Å². The number of carbonyl (C=O) groups is 3. The van der Waals surface area contributed by atoms with Gasteiger partial charge in [-0.15, -0.1) is 16.4 Å². The highest BCUT2D eigenvalue weighted by Gasteiger charge is 2.36. The Morgan fingerprint density at radius 3 is 2.73 bits per heavy atom. The molecule has 9 nitrogen and oxygen atoms in total. The monoisotopic (exact) mass is 418 g/mol. The average molecular weight is 418 g/mol. The number of fused-ring (bicyclic) bond motifs is 2. The van der Waals surface area contributed by atoms with E-state index in [-0.39, 0.29) is 29.2 Å². The number of aromatic nitrogens is 4. The number of hydrogen-bond donors (Lipinski definition) is 1. The molecule has 10 heteroatoms. The molecule has 0 fully saturated rings. The Morgan fingerprint density at radius 2 is 1.97 bits per heavy atom. The lowest BCUT2D eigenvalue weighted by atomic mass is 10.1. The van der Waals surface area contributed by atoms with Crippen molar-refractivity contribution in [2.75, 3.05) is 5.32 Å². The second-order valence-electron chi connectivity index (χ2n) is 6.74. The molecule has 4 aromatic rings. The van der Waals surface area contributed by atoms with Crippen molar-refractivity contribution < 1.29 is 14.4 Å². The van der Waals surface area contributed by atoms with E-state index in [2.05, 4.69) is 20.4 Å². The summed E-state index contributed by atoms with van der Waals surface area (Å²) in [6.45, 7) is 1.97. The molecule has 0 saturated heterocycles. The number of imide groups is 1. The number of benzene rings is 1. The Balaban J connectivity index is 1.38. The van der Waals surface area contributed by atoms with Gasteiger partial charge >= 0.3 is 0 Å². The third-order valence-corrected chi connectivity index (χ3v) is 5.68. The summed E-state index contributed by atoms with van der Waals surface area (Å²) >= 11 is 1.42. The number of nitrogens with zero attached hydrogens (tertiary/aromatic N) is 5. The van der Waals surface area contributed by atoms with Crippen molar-refractivity contribution in [3.8, 4) is 0 Å². The molecule has 3 aromatic heterocycles. The molecule has 1 aliphatic rings. The third kappa shape index (κ3) is 2.94. The minimum atomic E-state index is -0.461. The Bertz CT molecular complexity index is 1330. The molecule has 1 aliphatic heterocycles. The summed E-state index contributed by atoms with van der Waals surface area (Å²) in [5, 5.41) is 8.80. The van der Waals surface area contributed by atoms with E-state index in [9.17, 15) is 14.4 Å². The SMILES string of the molecule is Cc1csc2nc(NC(=O)c3ccc4c(c3)C(=O)N(Cc3ccccn3)C4=O)nn12. The number of pyridine rings is 1. The molecular formula is C20H14N6O3S. The van der Waals surface area contributed by atoms with Crippen molar-refractivity contribution in [2.45, 2.75) is 13.5 Å². The van der Waals surface area contributed by atoms with E-state index in [1.165, 1.54) is 29.5 Å². The summed E-state index contributed by atoms with van der Waals surface area (Å²) in [5.41, 5.74) is 2.22. The van der Waals surface area contributed by atoms with Crippen LogP contribution in [0.2, 0.25) is 0 Å². The number of amides is 3. The van der Waals surface area contributed by atoms with Gasteiger partial charge in [0.05, 0.1) is 29.1 Å². The summed E-state index contributed by atoms with van der Waals surface area (Å²) in [4.78, 5) is 48.3. The van der Waals surface area contributed by atoms with E-state index < -0.39 is 17.7 Å². The van der Waals surface area contributed by atoms with Gasteiger partial charge in [0, 0.05) is 17.1 Å². The fraction of sp³-hybridized carbons (Fsp3) is 0.100. The molecule has 0 saturated carbocycles. The Kier molecular flexibility index (Phi) is 4.14. The summed E-state index contributed by atoms with van der Waals surface area (Å²) < 4.78 is 1.64. The first-order chi connectivity index (χ1) is 14.5. The maximum atomic E-state index is 12.8. The predicted molar refractivity (Wildman–Crippen MR) is 108 cm³/mol. The topological polar surface area (TPSA) is 110 Å². The number of rotatable bonds is 4. The second-order valence-corrected chi connectivity index (χ2v) is 7.58. The maximum Gasteiger partial charge on any atom is 0.261 e. The van der Waals surface area contributed by atoms with Crippen LogP contribution in [0.4, 0.5) is 5.95 Å². The lowest BCUT2D eigenvalue weighted by molar-refractivity contribution is 0.0640. The van der Waals surface area contributed by atoms with Crippen molar-refractivity contribution in [1.29, 1.82) is 0 Å². The molecule has 5 rings (SSSR count). The third-order valence-electron chi connectivity index (χ3n) is 4.75. The average Bonchev–Trinajstić information content (AvgIpc) is 3.38. The molecule has 0 unspecified atom stereocenters. The van der Waals surface area contributed by atoms with Gasteiger partial charge in [0.2, 0.25) is 4.96 Å². The first-order valence-corrected chi connectivity index (χ1v) is 9.91. The number of thiazole rings is 1. The van der Waals surface area contributed by atoms with E-state index in [1.807, 2.05) is 12.3 Å². The van der Waals surface area contributed by atoms with Gasteiger partial charge in [-0.3, -0.25) is 29.6 Å². The Labute approximate surface area is 174 Å². The van der Waals surface area contributed by atoms with Crippen LogP contribution in [0.3, 0.4) is 0 Å². The zero-order valence-electron chi connectivity index (χ0n) is 15.7. The summed E-state index contributed by atoms with van der Waals surface area (Å²) in [6.07, 6.45) is 1.60. The fourth-order valence-corrected chi connectivity index (χ4v) is 4.05. The summed E-state index contributed by atoms with van der Waals surface area (Å²) in [6, 6.07) is 9.72. The van der Waals surface area contributed by atoms with Crippen LogP contribution in [0.5, 0.6) is 0 Å². The highest BCUT2D eigenvalue weighted by molar-refractivity contribution is 7.15. The van der Waals surface area contributed by atoms with Crippen LogP contribution in [-0.2, 0) is 6.54 Å². The first-order valence-electron chi connectivity index (χ1n) is 9.03. The molecule has 0 spiro atoms. The molecule has 0 atom stereocenters. The second kappa shape index (κ2) is 6.85. The quantitative estimate of drug-likeness (QED) is 0.510. The number of anilines is 1. The van der Waals surface area contributed by atoms with E-state index in [1.54, 1.807) is 28.9 Å². The van der Waals surface area contributed by atoms with Crippen molar-refractivity contribution in [3.63, 3.8) is 0 Å². The van der Waals surface area contributed by atoms with Crippen LogP contribution in [0.25, 0.3) is 4.96 Å². The van der Waals surface area contributed by atoms with Gasteiger partial charge in [-0.25, -0.2) is 4.52 Å². The molecule has 0 radical (unpaired) electrons. The van der Waals surface area contributed by atoms with Gasteiger partial charge in [-0.05, 0) is 37.3 Å². The van der Waals surface area contributed by atoms with Gasteiger partial charge in [0.1, 0.15) is 0 Å². The van der Waals surface area contributed by atoms with Gasteiger partial charge in [-0.1, -0.05) is 6.07 Å². The molecule has 30 heavy (non-hydrogen) atoms. The molecule has 4 heterocycles. The van der Waals surface area contributed by atoms with Crippen LogP contribution in [0.1, 0.15) is 42.5 Å². The smallest absolute Gasteiger partial charge is 0.261 e. The van der Waals surface area contributed by atoms with Gasteiger partial charge in [0.15, 0.2) is 0 Å². The first kappa shape index (κ1) is 18.1. The summed E-state index contributed by atoms with van der Waals surface area (Å²) in [7, 11) is 0. The van der Waals surface area contributed by atoms with Gasteiger partial charge in [0.25, 0.3) is 23.7 Å². The number of nitrogens with one attached hydrogen (secondary N) is 1. The molecule has 0 bridgehead atoms. The van der Waals surface area contributed by atoms with E-state index >= 15 is 0 Å². The van der Waals surface area contributed by atoms with Crippen LogP contribution < -0.4 is 5.32 Å². The van der Waals surface area contributed by atoms with Crippen LogP contribution in [-0.4, -0.2) is 42.2 Å². The van der Waals surface area contributed by atoms with Crippen molar-refractivity contribution in [1.82, 2.24) is 24.5 Å². The number of aryl methyl sites for hydroxylation is 1. The van der Waals surface area contributed by atoms with E-state index in [0.29, 0.717) is 10.7 Å². The van der Waals surface area contributed by atoms with E-state index in [0.717, 1.165) is 10.6 Å². The Hall–Kier alpha value is -3.92. The highest BCUT2D eigenvalue weighted by atomic mass is 32.1. The minimum absolute atomic E-state index is 0.0728. The highest BCUT2D eigenvalue weighted by Crippen LogP contribution is 2.26. The molecule has 3 amide bonds. The predicted octanol–water partition coefficient (Wildman–Crippen LogP) is 2.54. The molecule has 1 N–H and O–H groups in total. The lowest BCUT2D eigenvalue weighted by Gasteiger charge is -2.12. The number of hydrogen-bond acceptors (Lipinski definition) is 7. The van der Waals surface area contributed by atoms with Crippen LogP contribution in [0, 0.1) is 6.92 Å². The van der Waals surface area contributed by atoms with Crippen LogP contribution in [0.15, 0.2) is 48.0 Å². The van der Waals surface area contributed by atoms with Gasteiger partial charge in [-0.2, -0.15) is 4.98 Å². The van der Waals surface area contributed by atoms with Crippen molar-refractivity contribution in [3.05, 3.63) is 76.1 Å². The largest absolute Gasteiger partial charge is 0.289 e. The maximum absolute atomic E-state index is 12.8. The number of carbonyl (C=O) groups excluding carboxylic acids is 3. The molecule has 0 aliphatic carbocycles. The standard InChI is InChI=1S/C20H14N6O3S/c1-11-10-30-20-23-19(24-26(11)20)22-16(27)12-5-6-14-15(8-12)18(29)25(17(14)28)9-13-4-2-3-7-21-13/h2-8,10H,9H2,1H3,(H,22,24,27). The summed E-state index contributed by atoms with van der Waals surface area (Å²) in [5.74, 6) is -1.14. The van der Waals surface area contributed by atoms with Gasteiger partial charge < -0.3 is 0 Å². The molecular weight excluding hydrogens is 404 g/mol. The normalized spacial score (nSPS) is 13.2.